The van der Waals surface area contributed by atoms with Gasteiger partial charge in [-0.1, -0.05) is 45.7 Å². The molecule has 2 aromatic heterocycles. The number of thiophene rings is 1. The van der Waals surface area contributed by atoms with Crippen molar-refractivity contribution in [2.45, 2.75) is 13.5 Å². The van der Waals surface area contributed by atoms with Gasteiger partial charge in [0.2, 0.25) is 0 Å². The molecule has 0 atom stereocenters. The normalized spacial score (nSPS) is 11.0. The standard InChI is InChI=1S/C21H14BrClN2O3S/c1-12-17-19(29-18(12)21(27)28-15-8-6-14(22)7-9-15)24-11-25(20(17)26)10-13-4-2-3-5-16(13)23/h2-9,11H,10H2,1H3. The average Bonchev–Trinajstić information content (AvgIpc) is 3.05. The molecule has 146 valence electrons. The minimum Gasteiger partial charge on any atom is -0.422 e. The number of aromatic nitrogens is 2. The molecule has 0 aliphatic heterocycles. The molecule has 0 saturated heterocycles. The fourth-order valence-corrected chi connectivity index (χ4v) is 4.41. The van der Waals surface area contributed by atoms with Crippen LogP contribution in [0.15, 0.2) is 64.1 Å². The fraction of sp³-hybridized carbons (Fsp3) is 0.0952. The fourth-order valence-electron chi connectivity index (χ4n) is 2.93. The van der Waals surface area contributed by atoms with Crippen LogP contribution in [0, 0.1) is 6.92 Å². The van der Waals surface area contributed by atoms with Crippen molar-refractivity contribution in [1.29, 1.82) is 0 Å². The molecule has 0 N–H and O–H groups in total. The Kier molecular flexibility index (Phi) is 5.54. The molecule has 0 fully saturated rings. The molecule has 2 heterocycles. The van der Waals surface area contributed by atoms with E-state index in [1.807, 2.05) is 18.2 Å². The number of nitrogens with zero attached hydrogens (tertiary/aromatic N) is 2. The number of carbonyl (C=O) groups excluding carboxylic acids is 1. The zero-order valence-electron chi connectivity index (χ0n) is 15.2. The third-order valence-corrected chi connectivity index (χ3v) is 6.50. The van der Waals surface area contributed by atoms with Gasteiger partial charge < -0.3 is 4.74 Å². The van der Waals surface area contributed by atoms with Gasteiger partial charge in [0.15, 0.2) is 0 Å². The van der Waals surface area contributed by atoms with Gasteiger partial charge in [0.1, 0.15) is 15.5 Å². The lowest BCUT2D eigenvalue weighted by Gasteiger charge is -2.07. The summed E-state index contributed by atoms with van der Waals surface area (Å²) in [6.07, 6.45) is 1.48. The van der Waals surface area contributed by atoms with Crippen LogP contribution in [-0.2, 0) is 6.54 Å². The van der Waals surface area contributed by atoms with E-state index in [2.05, 4.69) is 20.9 Å². The summed E-state index contributed by atoms with van der Waals surface area (Å²) >= 11 is 10.7. The Labute approximate surface area is 183 Å². The molecular formula is C21H14BrClN2O3S. The Morgan fingerprint density at radius 2 is 1.93 bits per heavy atom. The van der Waals surface area contributed by atoms with Crippen LogP contribution in [0.2, 0.25) is 5.02 Å². The third kappa shape index (κ3) is 3.99. The molecule has 8 heteroatoms. The van der Waals surface area contributed by atoms with Crippen molar-refractivity contribution in [2.75, 3.05) is 0 Å². The summed E-state index contributed by atoms with van der Waals surface area (Å²) in [5.74, 6) is -0.0796. The molecule has 0 radical (unpaired) electrons. The number of fused-ring (bicyclic) bond motifs is 1. The molecule has 2 aromatic carbocycles. The van der Waals surface area contributed by atoms with Crippen molar-refractivity contribution >= 4 is 55.1 Å². The van der Waals surface area contributed by atoms with Crippen molar-refractivity contribution in [3.8, 4) is 5.75 Å². The summed E-state index contributed by atoms with van der Waals surface area (Å²) in [6.45, 7) is 2.04. The van der Waals surface area contributed by atoms with Crippen molar-refractivity contribution < 1.29 is 9.53 Å². The highest BCUT2D eigenvalue weighted by molar-refractivity contribution is 9.10. The molecule has 4 aromatic rings. The van der Waals surface area contributed by atoms with E-state index in [4.69, 9.17) is 16.3 Å². The lowest BCUT2D eigenvalue weighted by atomic mass is 10.2. The summed E-state index contributed by atoms with van der Waals surface area (Å²) in [4.78, 5) is 30.9. The van der Waals surface area contributed by atoms with Gasteiger partial charge in [-0.05, 0) is 48.4 Å². The zero-order valence-corrected chi connectivity index (χ0v) is 18.3. The topological polar surface area (TPSA) is 61.2 Å². The van der Waals surface area contributed by atoms with E-state index >= 15 is 0 Å². The molecule has 5 nitrogen and oxygen atoms in total. The SMILES string of the molecule is Cc1c(C(=O)Oc2ccc(Br)cc2)sc2ncn(Cc3ccccc3Cl)c(=O)c12. The van der Waals surface area contributed by atoms with E-state index in [-0.39, 0.29) is 5.56 Å². The number of halogens is 2. The molecule has 0 aliphatic rings. The predicted molar refractivity (Wildman–Crippen MR) is 118 cm³/mol. The summed E-state index contributed by atoms with van der Waals surface area (Å²) in [7, 11) is 0. The number of hydrogen-bond acceptors (Lipinski definition) is 5. The summed E-state index contributed by atoms with van der Waals surface area (Å²) in [5.41, 5.74) is 1.17. The van der Waals surface area contributed by atoms with Gasteiger partial charge >= 0.3 is 5.97 Å². The van der Waals surface area contributed by atoms with Crippen molar-refractivity contribution in [3.05, 3.63) is 90.7 Å². The number of rotatable bonds is 4. The van der Waals surface area contributed by atoms with Crippen LogP contribution >= 0.6 is 38.9 Å². The Morgan fingerprint density at radius 1 is 1.21 bits per heavy atom. The van der Waals surface area contributed by atoms with Gasteiger partial charge in [0.05, 0.1) is 18.3 Å². The molecule has 0 aliphatic carbocycles. The van der Waals surface area contributed by atoms with Crippen molar-refractivity contribution in [2.24, 2.45) is 0 Å². The van der Waals surface area contributed by atoms with Gasteiger partial charge in [-0.3, -0.25) is 9.36 Å². The largest absolute Gasteiger partial charge is 0.422 e. The van der Waals surface area contributed by atoms with Crippen LogP contribution in [-0.4, -0.2) is 15.5 Å². The van der Waals surface area contributed by atoms with E-state index < -0.39 is 5.97 Å². The molecule has 4 rings (SSSR count). The minimum absolute atomic E-state index is 0.216. The second-order valence-corrected chi connectivity index (χ2v) is 8.67. The Hall–Kier alpha value is -2.48. The first-order valence-corrected chi connectivity index (χ1v) is 10.6. The third-order valence-electron chi connectivity index (χ3n) is 4.43. The highest BCUT2D eigenvalue weighted by Crippen LogP contribution is 2.28. The number of benzene rings is 2. The van der Waals surface area contributed by atoms with Gasteiger partial charge in [-0.15, -0.1) is 11.3 Å². The summed E-state index contributed by atoms with van der Waals surface area (Å²) in [6, 6.07) is 14.3. The second kappa shape index (κ2) is 8.10. The van der Waals surface area contributed by atoms with Crippen LogP contribution < -0.4 is 10.3 Å². The zero-order chi connectivity index (χ0) is 20.5. The highest BCUT2D eigenvalue weighted by Gasteiger charge is 2.21. The number of aryl methyl sites for hydroxylation is 1. The summed E-state index contributed by atoms with van der Waals surface area (Å²) < 4.78 is 7.82. The molecular weight excluding hydrogens is 476 g/mol. The van der Waals surface area contributed by atoms with E-state index in [1.165, 1.54) is 10.9 Å². The first-order valence-electron chi connectivity index (χ1n) is 8.63. The van der Waals surface area contributed by atoms with Crippen molar-refractivity contribution in [1.82, 2.24) is 9.55 Å². The minimum atomic E-state index is -0.509. The number of esters is 1. The number of ether oxygens (including phenoxy) is 1. The van der Waals surface area contributed by atoms with E-state index in [0.717, 1.165) is 21.4 Å². The van der Waals surface area contributed by atoms with Crippen LogP contribution in [0.3, 0.4) is 0 Å². The van der Waals surface area contributed by atoms with E-state index in [9.17, 15) is 9.59 Å². The van der Waals surface area contributed by atoms with Crippen LogP contribution in [0.1, 0.15) is 20.8 Å². The Morgan fingerprint density at radius 3 is 2.66 bits per heavy atom. The second-order valence-electron chi connectivity index (χ2n) is 6.35. The van der Waals surface area contributed by atoms with Gasteiger partial charge in [0.25, 0.3) is 5.56 Å². The highest BCUT2D eigenvalue weighted by atomic mass is 79.9. The molecule has 0 bridgehead atoms. The lowest BCUT2D eigenvalue weighted by molar-refractivity contribution is 0.0739. The number of hydrogen-bond donors (Lipinski definition) is 0. The maximum Gasteiger partial charge on any atom is 0.354 e. The maximum atomic E-state index is 13.0. The average molecular weight is 490 g/mol. The molecule has 0 spiro atoms. The molecule has 0 unspecified atom stereocenters. The number of carbonyl (C=O) groups is 1. The molecule has 0 amide bonds. The molecule has 29 heavy (non-hydrogen) atoms. The Bertz CT molecular complexity index is 1280. The van der Waals surface area contributed by atoms with Gasteiger partial charge in [0, 0.05) is 9.50 Å². The smallest absolute Gasteiger partial charge is 0.354 e. The van der Waals surface area contributed by atoms with E-state index in [1.54, 1.807) is 37.3 Å². The predicted octanol–water partition coefficient (Wildman–Crippen LogP) is 5.45. The molecule has 0 saturated carbocycles. The summed E-state index contributed by atoms with van der Waals surface area (Å²) in [5, 5.41) is 1.01. The monoisotopic (exact) mass is 488 g/mol. The first-order chi connectivity index (χ1) is 13.9. The lowest BCUT2D eigenvalue weighted by Crippen LogP contribution is -2.21. The Balaban J connectivity index is 1.69. The van der Waals surface area contributed by atoms with Gasteiger partial charge in [-0.2, -0.15) is 0 Å². The van der Waals surface area contributed by atoms with Gasteiger partial charge in [-0.25, -0.2) is 9.78 Å². The van der Waals surface area contributed by atoms with E-state index in [0.29, 0.717) is 38.0 Å². The van der Waals surface area contributed by atoms with Crippen molar-refractivity contribution in [3.63, 3.8) is 0 Å². The quantitative estimate of drug-likeness (QED) is 0.282. The maximum absolute atomic E-state index is 13.0. The first kappa shape index (κ1) is 19.8. The van der Waals surface area contributed by atoms with Crippen LogP contribution in [0.5, 0.6) is 5.75 Å². The van der Waals surface area contributed by atoms with Crippen LogP contribution in [0.25, 0.3) is 10.2 Å². The van der Waals surface area contributed by atoms with Crippen LogP contribution in [0.4, 0.5) is 0 Å².